The van der Waals surface area contributed by atoms with E-state index in [1.807, 2.05) is 0 Å². The number of halogens is 5. The summed E-state index contributed by atoms with van der Waals surface area (Å²) in [6.45, 7) is 5.99. The standard InChI is InChI=1S/C28H26BrF4N3O2/c1-25(2,3)38-24(37)36-14-26(8-9-26)12-22(36)23-34-13-21(35-23)15-4-6-17-18-7-5-16(29)11-20(18)28(32,33)27(30,31)19(17)10-15/h4-7,10-11,13,22H,8-9,12,14H2,1-3H3,(H,34,35)/t22-/m1/s1. The molecule has 1 saturated heterocycles. The number of carbonyl (C=O) groups excluding carboxylic acids is 1. The Morgan fingerprint density at radius 2 is 1.68 bits per heavy atom. The second kappa shape index (κ2) is 8.07. The van der Waals surface area contributed by atoms with Crippen LogP contribution in [0.3, 0.4) is 0 Å². The Bertz CT molecular complexity index is 1460. The molecule has 2 heterocycles. The lowest BCUT2D eigenvalue weighted by atomic mass is 9.80. The SMILES string of the molecule is CC(C)(C)OC(=O)N1CC2(CC2)C[C@@H]1c1ncc(-c2ccc3c(c2)C(F)(F)C(F)(F)c2cc(Br)ccc2-3)[nH]1. The number of imidazole rings is 1. The van der Waals surface area contributed by atoms with Gasteiger partial charge in [-0.25, -0.2) is 9.78 Å². The van der Waals surface area contributed by atoms with Gasteiger partial charge in [-0.05, 0) is 74.8 Å². The van der Waals surface area contributed by atoms with Crippen LogP contribution in [0.4, 0.5) is 22.4 Å². The van der Waals surface area contributed by atoms with E-state index in [1.54, 1.807) is 37.8 Å². The zero-order valence-corrected chi connectivity index (χ0v) is 22.6. The summed E-state index contributed by atoms with van der Waals surface area (Å²) >= 11 is 3.11. The smallest absolute Gasteiger partial charge is 0.410 e. The summed E-state index contributed by atoms with van der Waals surface area (Å²) in [7, 11) is 0. The first-order valence-corrected chi connectivity index (χ1v) is 13.3. The summed E-state index contributed by atoms with van der Waals surface area (Å²) in [5, 5.41) is 0. The largest absolute Gasteiger partial charge is 0.444 e. The molecule has 200 valence electrons. The molecule has 2 fully saturated rings. The van der Waals surface area contributed by atoms with Crippen LogP contribution in [0.5, 0.6) is 0 Å². The number of aromatic amines is 1. The van der Waals surface area contributed by atoms with Crippen molar-refractivity contribution in [2.75, 3.05) is 6.54 Å². The van der Waals surface area contributed by atoms with Crippen molar-refractivity contribution in [1.82, 2.24) is 14.9 Å². The lowest BCUT2D eigenvalue weighted by Gasteiger charge is -2.35. The molecule has 5 nitrogen and oxygen atoms in total. The number of amides is 1. The summed E-state index contributed by atoms with van der Waals surface area (Å²) < 4.78 is 66.5. The van der Waals surface area contributed by atoms with E-state index in [4.69, 9.17) is 4.74 Å². The van der Waals surface area contributed by atoms with Crippen LogP contribution in [0.2, 0.25) is 0 Å². The van der Waals surface area contributed by atoms with Crippen molar-refractivity contribution in [2.24, 2.45) is 5.41 Å². The van der Waals surface area contributed by atoms with Gasteiger partial charge in [0.15, 0.2) is 0 Å². The van der Waals surface area contributed by atoms with E-state index in [0.717, 1.165) is 31.4 Å². The van der Waals surface area contributed by atoms with Crippen molar-refractivity contribution < 1.29 is 27.1 Å². The zero-order chi connectivity index (χ0) is 27.3. The molecule has 1 amide bonds. The summed E-state index contributed by atoms with van der Waals surface area (Å²) in [6, 6.07) is 7.85. The van der Waals surface area contributed by atoms with Gasteiger partial charge in [0.25, 0.3) is 0 Å². The number of rotatable bonds is 2. The summed E-state index contributed by atoms with van der Waals surface area (Å²) in [6.07, 6.45) is 3.82. The van der Waals surface area contributed by atoms with Crippen LogP contribution in [0.25, 0.3) is 22.4 Å². The zero-order valence-electron chi connectivity index (χ0n) is 21.0. The summed E-state index contributed by atoms with van der Waals surface area (Å²) in [5.41, 5.74) is -1.20. The summed E-state index contributed by atoms with van der Waals surface area (Å²) in [4.78, 5) is 22.3. The third kappa shape index (κ3) is 3.94. The first-order chi connectivity index (χ1) is 17.7. The van der Waals surface area contributed by atoms with Gasteiger partial charge in [0.05, 0.1) is 17.9 Å². The fourth-order valence-corrected chi connectivity index (χ4v) is 5.92. The minimum absolute atomic E-state index is 0.0520. The molecule has 0 bridgehead atoms. The molecule has 10 heteroatoms. The topological polar surface area (TPSA) is 58.2 Å². The number of ether oxygens (including phenoxy) is 1. The Kier molecular flexibility index (Phi) is 5.39. The normalized spacial score (nSPS) is 22.2. The van der Waals surface area contributed by atoms with Crippen LogP contribution in [-0.2, 0) is 16.6 Å². The highest BCUT2D eigenvalue weighted by Crippen LogP contribution is 2.60. The number of aromatic nitrogens is 2. The van der Waals surface area contributed by atoms with E-state index in [-0.39, 0.29) is 22.6 Å². The molecule has 0 radical (unpaired) electrons. The number of nitrogens with zero attached hydrogens (tertiary/aromatic N) is 2. The highest BCUT2D eigenvalue weighted by Gasteiger charge is 2.63. The highest BCUT2D eigenvalue weighted by molar-refractivity contribution is 9.10. The molecule has 2 aliphatic carbocycles. The molecular weight excluding hydrogens is 566 g/mol. The molecular formula is C28H26BrF4N3O2. The first-order valence-electron chi connectivity index (χ1n) is 12.5. The van der Waals surface area contributed by atoms with Gasteiger partial charge >= 0.3 is 17.9 Å². The maximum atomic E-state index is 15.3. The predicted octanol–water partition coefficient (Wildman–Crippen LogP) is 8.17. The number of fused-ring (bicyclic) bond motifs is 3. The van der Waals surface area contributed by atoms with Crippen LogP contribution in [-0.4, -0.2) is 33.1 Å². The summed E-state index contributed by atoms with van der Waals surface area (Å²) in [5.74, 6) is -8.28. The number of alkyl halides is 4. The Hall–Kier alpha value is -2.88. The van der Waals surface area contributed by atoms with Crippen LogP contribution in [0.15, 0.2) is 47.1 Å². The number of carbonyl (C=O) groups is 1. The highest BCUT2D eigenvalue weighted by atomic mass is 79.9. The van der Waals surface area contributed by atoms with Gasteiger partial charge in [-0.3, -0.25) is 4.90 Å². The van der Waals surface area contributed by atoms with Gasteiger partial charge in [-0.2, -0.15) is 17.6 Å². The van der Waals surface area contributed by atoms with Gasteiger partial charge in [-0.15, -0.1) is 0 Å². The maximum absolute atomic E-state index is 15.3. The van der Waals surface area contributed by atoms with Gasteiger partial charge in [0.2, 0.25) is 0 Å². The fraction of sp³-hybridized carbons (Fsp3) is 0.429. The van der Waals surface area contributed by atoms with Crippen LogP contribution < -0.4 is 0 Å². The van der Waals surface area contributed by atoms with Crippen LogP contribution in [0, 0.1) is 5.41 Å². The molecule has 1 N–H and O–H groups in total. The number of benzene rings is 2. The minimum Gasteiger partial charge on any atom is -0.444 e. The average Bonchev–Trinajstić information content (AvgIpc) is 3.23. The predicted molar refractivity (Wildman–Crippen MR) is 137 cm³/mol. The van der Waals surface area contributed by atoms with Crippen molar-refractivity contribution in [3.05, 3.63) is 64.0 Å². The Balaban J connectivity index is 1.36. The molecule has 1 spiro atoms. The number of hydrogen-bond donors (Lipinski definition) is 1. The average molecular weight is 592 g/mol. The Morgan fingerprint density at radius 3 is 2.32 bits per heavy atom. The molecule has 3 aromatic rings. The maximum Gasteiger partial charge on any atom is 0.410 e. The first kappa shape index (κ1) is 25.4. The van der Waals surface area contributed by atoms with Crippen molar-refractivity contribution in [3.63, 3.8) is 0 Å². The van der Waals surface area contributed by atoms with E-state index < -0.39 is 34.7 Å². The quantitative estimate of drug-likeness (QED) is 0.306. The van der Waals surface area contributed by atoms with Gasteiger partial charge in [-0.1, -0.05) is 34.1 Å². The van der Waals surface area contributed by atoms with E-state index in [9.17, 15) is 4.79 Å². The lowest BCUT2D eigenvalue weighted by molar-refractivity contribution is -0.225. The van der Waals surface area contributed by atoms with E-state index >= 15 is 17.6 Å². The third-order valence-electron chi connectivity index (χ3n) is 7.68. The second-order valence-corrected chi connectivity index (χ2v) is 12.5. The van der Waals surface area contributed by atoms with Gasteiger partial charge < -0.3 is 9.72 Å². The van der Waals surface area contributed by atoms with E-state index in [0.29, 0.717) is 28.1 Å². The lowest BCUT2D eigenvalue weighted by Crippen LogP contribution is -2.39. The van der Waals surface area contributed by atoms with Crippen LogP contribution in [0.1, 0.15) is 63.0 Å². The molecule has 1 aliphatic heterocycles. The number of H-pyrrole nitrogens is 1. The molecule has 38 heavy (non-hydrogen) atoms. The van der Waals surface area contributed by atoms with Gasteiger partial charge in [0, 0.05) is 27.7 Å². The van der Waals surface area contributed by atoms with Gasteiger partial charge in [0.1, 0.15) is 11.4 Å². The number of likely N-dealkylation sites (tertiary alicyclic amines) is 1. The third-order valence-corrected chi connectivity index (χ3v) is 8.17. The molecule has 1 atom stereocenters. The molecule has 0 unspecified atom stereocenters. The van der Waals surface area contributed by atoms with Crippen molar-refractivity contribution >= 4 is 22.0 Å². The number of hydrogen-bond acceptors (Lipinski definition) is 3. The van der Waals surface area contributed by atoms with Crippen molar-refractivity contribution in [3.8, 4) is 22.4 Å². The minimum atomic E-state index is -4.41. The van der Waals surface area contributed by atoms with Crippen molar-refractivity contribution in [2.45, 2.75) is 63.5 Å². The molecule has 3 aliphatic rings. The monoisotopic (exact) mass is 591 g/mol. The Morgan fingerprint density at radius 1 is 1.05 bits per heavy atom. The molecule has 1 aromatic heterocycles. The van der Waals surface area contributed by atoms with Crippen LogP contribution >= 0.6 is 15.9 Å². The number of nitrogens with one attached hydrogen (secondary N) is 1. The molecule has 1 saturated carbocycles. The Labute approximate surface area is 225 Å². The van der Waals surface area contributed by atoms with E-state index in [2.05, 4.69) is 25.9 Å². The molecule has 2 aromatic carbocycles. The van der Waals surface area contributed by atoms with E-state index in [1.165, 1.54) is 18.3 Å². The fourth-order valence-electron chi connectivity index (χ4n) is 5.56. The second-order valence-electron chi connectivity index (χ2n) is 11.6. The molecule has 6 rings (SSSR count). The van der Waals surface area contributed by atoms with Crippen molar-refractivity contribution in [1.29, 1.82) is 0 Å².